The third-order valence-corrected chi connectivity index (χ3v) is 3.06. The second-order valence-electron chi connectivity index (χ2n) is 4.58. The van der Waals surface area contributed by atoms with Crippen LogP contribution in [0.25, 0.3) is 16.7 Å². The van der Waals surface area contributed by atoms with Crippen LogP contribution in [0, 0.1) is 0 Å². The first-order chi connectivity index (χ1) is 12.7. The Hall–Kier alpha value is -3.15. The highest BCUT2D eigenvalue weighted by Crippen LogP contribution is 2.21. The summed E-state index contributed by atoms with van der Waals surface area (Å²) in [5, 5.41) is 0. The molecule has 0 aliphatic heterocycles. The Morgan fingerprint density at radius 2 is 1.96 bits per heavy atom. The van der Waals surface area contributed by atoms with Crippen LogP contribution < -0.4 is 0 Å². The van der Waals surface area contributed by atoms with E-state index in [0.29, 0.717) is 22.6 Å². The van der Waals surface area contributed by atoms with Gasteiger partial charge in [-0.3, -0.25) is 0 Å². The summed E-state index contributed by atoms with van der Waals surface area (Å²) in [7, 11) is 0. The number of ether oxygens (including phenoxy) is 1. The number of carbonyl (C=O) groups excluding carboxylic acids is 1. The number of benzene rings is 1. The molecule has 0 radical (unpaired) electrons. The van der Waals surface area contributed by atoms with Crippen LogP contribution in [0.2, 0.25) is 0 Å². The van der Waals surface area contributed by atoms with Crippen LogP contribution in [0.4, 0.5) is 0 Å². The lowest BCUT2D eigenvalue weighted by Crippen LogP contribution is -2.04. The predicted molar refractivity (Wildman–Crippen MR) is 96.6 cm³/mol. The molecule has 0 bridgehead atoms. The molecule has 0 atom stereocenters. The fourth-order valence-electron chi connectivity index (χ4n) is 2.05. The van der Waals surface area contributed by atoms with Crippen molar-refractivity contribution in [3.05, 3.63) is 66.4 Å². The maximum absolute atomic E-state index is 11.9. The van der Waals surface area contributed by atoms with Crippen molar-refractivity contribution < 1.29 is 10.9 Å². The number of aromatic nitrogens is 4. The van der Waals surface area contributed by atoms with Gasteiger partial charge in [0.25, 0.3) is 0 Å². The van der Waals surface area contributed by atoms with Crippen molar-refractivity contribution >= 4 is 22.7 Å². The molecule has 128 valence electrons. The highest BCUT2D eigenvalue weighted by atomic mass is 16.5. The third-order valence-electron chi connectivity index (χ3n) is 3.06. The monoisotopic (exact) mass is 337 g/mol. The summed E-state index contributed by atoms with van der Waals surface area (Å²) in [5.74, 6) is -0.151. The van der Waals surface area contributed by atoms with E-state index in [-0.39, 0.29) is 12.8 Å². The Morgan fingerprint density at radius 1 is 1.20 bits per heavy atom. The minimum absolute atomic E-state index is 0.0165. The van der Waals surface area contributed by atoms with E-state index in [1.54, 1.807) is 6.92 Å². The van der Waals surface area contributed by atoms with Gasteiger partial charge in [0, 0.05) is 24.0 Å². The highest BCUT2D eigenvalue weighted by Gasteiger charge is 2.12. The van der Waals surface area contributed by atoms with Crippen LogP contribution in [-0.2, 0) is 9.53 Å². The SMILES string of the molecule is CC.[2H]c1cnc2cnc(C(=CC(=O)OCC)c3ccccc3)nc2n1. The minimum atomic E-state index is -0.472. The van der Waals surface area contributed by atoms with Crippen LogP contribution in [0.15, 0.2) is 55.0 Å². The van der Waals surface area contributed by atoms with Gasteiger partial charge in [0.2, 0.25) is 0 Å². The third kappa shape index (κ3) is 4.67. The van der Waals surface area contributed by atoms with Crippen LogP contribution in [-0.4, -0.2) is 32.5 Å². The number of fused-ring (bicyclic) bond motifs is 1. The Bertz CT molecular complexity index is 914. The molecule has 2 aromatic heterocycles. The maximum atomic E-state index is 11.9. The average Bonchev–Trinajstić information content (AvgIpc) is 2.68. The van der Waals surface area contributed by atoms with E-state index in [0.717, 1.165) is 5.56 Å². The van der Waals surface area contributed by atoms with Crippen molar-refractivity contribution in [3.63, 3.8) is 0 Å². The zero-order valence-corrected chi connectivity index (χ0v) is 14.4. The molecule has 6 nitrogen and oxygen atoms in total. The van der Waals surface area contributed by atoms with Gasteiger partial charge >= 0.3 is 5.97 Å². The lowest BCUT2D eigenvalue weighted by atomic mass is 10.0. The quantitative estimate of drug-likeness (QED) is 0.536. The number of rotatable bonds is 4. The summed E-state index contributed by atoms with van der Waals surface area (Å²) >= 11 is 0. The second kappa shape index (κ2) is 9.22. The molecule has 0 N–H and O–H groups in total. The molecule has 3 aromatic rings. The van der Waals surface area contributed by atoms with Crippen molar-refractivity contribution in [1.29, 1.82) is 0 Å². The molecule has 0 unspecified atom stereocenters. The van der Waals surface area contributed by atoms with Crippen LogP contribution in [0.5, 0.6) is 0 Å². The number of nitrogens with zero attached hydrogens (tertiary/aromatic N) is 4. The van der Waals surface area contributed by atoms with Gasteiger partial charge in [-0.15, -0.1) is 0 Å². The van der Waals surface area contributed by atoms with Crippen LogP contribution in [0.3, 0.4) is 0 Å². The lowest BCUT2D eigenvalue weighted by Gasteiger charge is -2.07. The normalized spacial score (nSPS) is 11.3. The van der Waals surface area contributed by atoms with Crippen molar-refractivity contribution in [3.8, 4) is 0 Å². The lowest BCUT2D eigenvalue weighted by molar-refractivity contribution is -0.137. The summed E-state index contributed by atoms with van der Waals surface area (Å²) < 4.78 is 12.6. The molecule has 0 saturated carbocycles. The first kappa shape index (κ1) is 16.7. The first-order valence-electron chi connectivity index (χ1n) is 8.58. The van der Waals surface area contributed by atoms with Gasteiger partial charge in [0.1, 0.15) is 5.52 Å². The Morgan fingerprint density at radius 3 is 2.68 bits per heavy atom. The molecule has 0 fully saturated rings. The molecule has 3 rings (SSSR count). The van der Waals surface area contributed by atoms with E-state index in [2.05, 4.69) is 19.9 Å². The summed E-state index contributed by atoms with van der Waals surface area (Å²) in [6.07, 6.45) is 4.23. The number of hydrogen-bond acceptors (Lipinski definition) is 6. The van der Waals surface area contributed by atoms with Gasteiger partial charge in [0.15, 0.2) is 11.5 Å². The largest absolute Gasteiger partial charge is 0.463 e. The fourth-order valence-corrected chi connectivity index (χ4v) is 2.05. The van der Waals surface area contributed by atoms with E-state index in [9.17, 15) is 4.79 Å². The van der Waals surface area contributed by atoms with E-state index >= 15 is 0 Å². The summed E-state index contributed by atoms with van der Waals surface area (Å²) in [6, 6.07) is 9.30. The zero-order chi connectivity index (χ0) is 18.9. The second-order valence-corrected chi connectivity index (χ2v) is 4.58. The van der Waals surface area contributed by atoms with E-state index < -0.39 is 5.97 Å². The standard InChI is InChI=1S/C17H14N4O2.C2H6/c1-2-23-15(22)10-13(12-6-4-3-5-7-12)16-20-11-14-17(21-16)19-9-8-18-14;1-2/h3-11H,2H2,1H3;1-2H3/i9D;. The fraction of sp³-hybridized carbons (Fsp3) is 0.211. The Labute approximate surface area is 148 Å². The highest BCUT2D eigenvalue weighted by molar-refractivity contribution is 5.95. The van der Waals surface area contributed by atoms with Crippen molar-refractivity contribution in [2.75, 3.05) is 6.61 Å². The van der Waals surface area contributed by atoms with E-state index in [4.69, 9.17) is 6.11 Å². The zero-order valence-electron chi connectivity index (χ0n) is 15.4. The predicted octanol–water partition coefficient (Wildman–Crippen LogP) is 3.44. The smallest absolute Gasteiger partial charge is 0.331 e. The Balaban J connectivity index is 0.00000117. The van der Waals surface area contributed by atoms with Gasteiger partial charge in [-0.2, -0.15) is 0 Å². The minimum Gasteiger partial charge on any atom is -0.463 e. The molecule has 0 aliphatic rings. The van der Waals surface area contributed by atoms with E-state index in [1.165, 1.54) is 18.5 Å². The molecule has 0 spiro atoms. The average molecular weight is 337 g/mol. The molecular weight excluding hydrogens is 316 g/mol. The first-order valence-corrected chi connectivity index (χ1v) is 8.08. The molecule has 2 heterocycles. The Kier molecular flexibility index (Phi) is 6.16. The van der Waals surface area contributed by atoms with Gasteiger partial charge in [0.05, 0.1) is 14.2 Å². The van der Waals surface area contributed by atoms with Crippen molar-refractivity contribution in [1.82, 2.24) is 19.9 Å². The van der Waals surface area contributed by atoms with Gasteiger partial charge in [-0.25, -0.2) is 24.7 Å². The molecule has 0 aliphatic carbocycles. The maximum Gasteiger partial charge on any atom is 0.331 e. The van der Waals surface area contributed by atoms with Gasteiger partial charge < -0.3 is 4.74 Å². The van der Waals surface area contributed by atoms with Crippen molar-refractivity contribution in [2.45, 2.75) is 20.8 Å². The van der Waals surface area contributed by atoms with Gasteiger partial charge in [-0.1, -0.05) is 44.2 Å². The van der Waals surface area contributed by atoms with Crippen LogP contribution in [0.1, 0.15) is 33.5 Å². The van der Waals surface area contributed by atoms with Crippen molar-refractivity contribution in [2.24, 2.45) is 0 Å². The summed E-state index contributed by atoms with van der Waals surface area (Å²) in [5.41, 5.74) is 2.09. The molecule has 0 saturated heterocycles. The molecule has 0 amide bonds. The number of esters is 1. The molecule has 1 aromatic carbocycles. The number of carbonyl (C=O) groups is 1. The molecule has 6 heteroatoms. The molecular formula is C19H20N4O2. The number of hydrogen-bond donors (Lipinski definition) is 0. The van der Waals surface area contributed by atoms with E-state index in [1.807, 2.05) is 44.2 Å². The topological polar surface area (TPSA) is 77.9 Å². The van der Waals surface area contributed by atoms with Crippen LogP contribution >= 0.6 is 0 Å². The summed E-state index contributed by atoms with van der Waals surface area (Å²) in [6.45, 7) is 6.02. The van der Waals surface area contributed by atoms with Gasteiger partial charge in [-0.05, 0) is 12.5 Å². The molecule has 25 heavy (non-hydrogen) atoms. The summed E-state index contributed by atoms with van der Waals surface area (Å²) in [4.78, 5) is 28.6.